The average molecular weight is 436 g/mol. The molecule has 2 aromatic heterocycles. The molecule has 32 heavy (non-hydrogen) atoms. The Hall–Kier alpha value is -3.75. The molecule has 0 saturated carbocycles. The molecule has 1 aliphatic rings. The van der Waals surface area contributed by atoms with Gasteiger partial charge in [-0.05, 0) is 43.0 Å². The van der Waals surface area contributed by atoms with Gasteiger partial charge in [0.15, 0.2) is 5.58 Å². The van der Waals surface area contributed by atoms with Crippen LogP contribution in [-0.2, 0) is 17.8 Å². The van der Waals surface area contributed by atoms with E-state index in [1.54, 1.807) is 47.4 Å². The highest BCUT2D eigenvalue weighted by Gasteiger charge is 2.26. The third-order valence-electron chi connectivity index (χ3n) is 5.78. The van der Waals surface area contributed by atoms with Crippen LogP contribution in [0.3, 0.4) is 0 Å². The number of benzene rings is 2. The molecule has 9 heteroatoms. The summed E-state index contributed by atoms with van der Waals surface area (Å²) in [6.07, 6.45) is 2.25. The Bertz CT molecular complexity index is 1320. The third-order valence-corrected chi connectivity index (χ3v) is 5.78. The van der Waals surface area contributed by atoms with E-state index in [1.807, 2.05) is 0 Å². The summed E-state index contributed by atoms with van der Waals surface area (Å²) < 4.78 is 25.9. The van der Waals surface area contributed by atoms with Crippen molar-refractivity contribution in [3.8, 4) is 11.4 Å². The summed E-state index contributed by atoms with van der Waals surface area (Å²) in [6.45, 7) is 1.09. The standard InChI is InChI=1S/C23H21FN4O4/c24-17-8-2-1-7-16(17)22-25-20(32-26-22)12-15-6-5-11-27(13-15)21(29)14-28-18-9-3-4-10-19(18)31-23(28)30/h1-4,7-10,15H,5-6,11-14H2/t15-/m1/s1. The van der Waals surface area contributed by atoms with E-state index < -0.39 is 11.6 Å². The predicted octanol–water partition coefficient (Wildman–Crippen LogP) is 3.26. The lowest BCUT2D eigenvalue weighted by Crippen LogP contribution is -2.42. The summed E-state index contributed by atoms with van der Waals surface area (Å²) in [6, 6.07) is 13.3. The second kappa shape index (κ2) is 8.41. The second-order valence-electron chi connectivity index (χ2n) is 7.97. The highest BCUT2D eigenvalue weighted by molar-refractivity contribution is 5.79. The minimum atomic E-state index is -0.542. The van der Waals surface area contributed by atoms with Gasteiger partial charge in [-0.2, -0.15) is 4.98 Å². The van der Waals surface area contributed by atoms with Crippen molar-refractivity contribution in [1.82, 2.24) is 19.6 Å². The average Bonchev–Trinajstić information content (AvgIpc) is 3.38. The first-order chi connectivity index (χ1) is 15.6. The number of carbonyl (C=O) groups excluding carboxylic acids is 1. The zero-order chi connectivity index (χ0) is 22.1. The van der Waals surface area contributed by atoms with E-state index in [9.17, 15) is 14.0 Å². The van der Waals surface area contributed by atoms with Gasteiger partial charge in [-0.15, -0.1) is 0 Å². The molecule has 1 aliphatic heterocycles. The van der Waals surface area contributed by atoms with Crippen molar-refractivity contribution in [2.75, 3.05) is 13.1 Å². The zero-order valence-corrected chi connectivity index (χ0v) is 17.2. The largest absolute Gasteiger partial charge is 0.420 e. The van der Waals surface area contributed by atoms with Gasteiger partial charge in [-0.1, -0.05) is 29.4 Å². The van der Waals surface area contributed by atoms with Gasteiger partial charge in [-0.3, -0.25) is 9.36 Å². The molecule has 0 unspecified atom stereocenters. The number of hydrogen-bond acceptors (Lipinski definition) is 6. The second-order valence-corrected chi connectivity index (χ2v) is 7.97. The molecule has 8 nitrogen and oxygen atoms in total. The van der Waals surface area contributed by atoms with Crippen LogP contribution in [0.15, 0.2) is 62.3 Å². The number of amides is 1. The number of fused-ring (bicyclic) bond motifs is 1. The molecule has 1 saturated heterocycles. The van der Waals surface area contributed by atoms with Crippen molar-refractivity contribution in [3.63, 3.8) is 0 Å². The van der Waals surface area contributed by atoms with Crippen LogP contribution >= 0.6 is 0 Å². The molecule has 5 rings (SSSR count). The molecule has 0 N–H and O–H groups in total. The molecule has 164 valence electrons. The summed E-state index contributed by atoms with van der Waals surface area (Å²) in [4.78, 5) is 31.2. The van der Waals surface area contributed by atoms with Gasteiger partial charge in [0.25, 0.3) is 0 Å². The van der Waals surface area contributed by atoms with Crippen LogP contribution in [0.2, 0.25) is 0 Å². The van der Waals surface area contributed by atoms with Gasteiger partial charge >= 0.3 is 5.76 Å². The van der Waals surface area contributed by atoms with E-state index in [2.05, 4.69) is 10.1 Å². The number of halogens is 1. The van der Waals surface area contributed by atoms with E-state index >= 15 is 0 Å². The molecule has 1 atom stereocenters. The Labute approximate surface area is 182 Å². The summed E-state index contributed by atoms with van der Waals surface area (Å²) in [5.41, 5.74) is 1.36. The summed E-state index contributed by atoms with van der Waals surface area (Å²) in [5, 5.41) is 3.90. The maximum atomic E-state index is 14.0. The quantitative estimate of drug-likeness (QED) is 0.477. The van der Waals surface area contributed by atoms with Gasteiger partial charge in [0.2, 0.25) is 17.6 Å². The molecule has 1 fully saturated rings. The van der Waals surface area contributed by atoms with Crippen molar-refractivity contribution >= 4 is 17.0 Å². The highest BCUT2D eigenvalue weighted by Crippen LogP contribution is 2.24. The van der Waals surface area contributed by atoms with Crippen LogP contribution in [0, 0.1) is 11.7 Å². The lowest BCUT2D eigenvalue weighted by Gasteiger charge is -2.32. The summed E-state index contributed by atoms with van der Waals surface area (Å²) in [5.74, 6) is -0.316. The molecule has 0 bridgehead atoms. The Morgan fingerprint density at radius 1 is 1.16 bits per heavy atom. The molecule has 0 aliphatic carbocycles. The third kappa shape index (κ3) is 3.93. The van der Waals surface area contributed by atoms with Crippen LogP contribution in [0.4, 0.5) is 4.39 Å². The van der Waals surface area contributed by atoms with Gasteiger partial charge in [-0.25, -0.2) is 9.18 Å². The number of carbonyl (C=O) groups is 1. The highest BCUT2D eigenvalue weighted by atomic mass is 19.1. The fraction of sp³-hybridized carbons (Fsp3) is 0.304. The molecule has 1 amide bonds. The van der Waals surface area contributed by atoms with Gasteiger partial charge < -0.3 is 13.8 Å². The van der Waals surface area contributed by atoms with Crippen molar-refractivity contribution in [3.05, 3.63) is 70.8 Å². The van der Waals surface area contributed by atoms with E-state index in [0.29, 0.717) is 42.1 Å². The SMILES string of the molecule is O=C(Cn1c(=O)oc2ccccc21)N1CCC[C@H](Cc2nc(-c3ccccc3F)no2)C1. The number of rotatable bonds is 5. The first-order valence-corrected chi connectivity index (χ1v) is 10.5. The minimum Gasteiger partial charge on any atom is -0.408 e. The maximum absolute atomic E-state index is 14.0. The van der Waals surface area contributed by atoms with Gasteiger partial charge in [0, 0.05) is 19.5 Å². The van der Waals surface area contributed by atoms with Crippen molar-refractivity contribution in [2.45, 2.75) is 25.8 Å². The normalized spacial score (nSPS) is 16.5. The Morgan fingerprint density at radius 2 is 1.97 bits per heavy atom. The summed E-state index contributed by atoms with van der Waals surface area (Å²) >= 11 is 0. The smallest absolute Gasteiger partial charge is 0.408 e. The lowest BCUT2D eigenvalue weighted by molar-refractivity contribution is -0.133. The van der Waals surface area contributed by atoms with E-state index in [1.165, 1.54) is 10.6 Å². The lowest BCUT2D eigenvalue weighted by atomic mass is 9.94. The molecular weight excluding hydrogens is 415 g/mol. The van der Waals surface area contributed by atoms with E-state index in [4.69, 9.17) is 8.94 Å². The number of aromatic nitrogens is 3. The predicted molar refractivity (Wildman–Crippen MR) is 113 cm³/mol. The maximum Gasteiger partial charge on any atom is 0.420 e. The van der Waals surface area contributed by atoms with E-state index in [-0.39, 0.29) is 24.2 Å². The fourth-order valence-electron chi connectivity index (χ4n) is 4.19. The number of piperidine rings is 1. The topological polar surface area (TPSA) is 94.4 Å². The number of para-hydroxylation sites is 2. The molecule has 0 spiro atoms. The van der Waals surface area contributed by atoms with Crippen LogP contribution in [0.25, 0.3) is 22.5 Å². The van der Waals surface area contributed by atoms with Gasteiger partial charge in [0.1, 0.15) is 12.4 Å². The van der Waals surface area contributed by atoms with Crippen LogP contribution < -0.4 is 5.76 Å². The zero-order valence-electron chi connectivity index (χ0n) is 17.2. The van der Waals surface area contributed by atoms with Gasteiger partial charge in [0.05, 0.1) is 11.1 Å². The Balaban J connectivity index is 1.26. The van der Waals surface area contributed by atoms with Crippen molar-refractivity contribution in [2.24, 2.45) is 5.92 Å². The Morgan fingerprint density at radius 3 is 2.84 bits per heavy atom. The number of nitrogens with zero attached hydrogens (tertiary/aromatic N) is 4. The van der Waals surface area contributed by atoms with Crippen LogP contribution in [0.5, 0.6) is 0 Å². The minimum absolute atomic E-state index is 0.0689. The molecule has 2 aromatic carbocycles. The van der Waals surface area contributed by atoms with Crippen molar-refractivity contribution in [1.29, 1.82) is 0 Å². The molecule has 3 heterocycles. The first kappa shape index (κ1) is 20.2. The first-order valence-electron chi connectivity index (χ1n) is 10.5. The van der Waals surface area contributed by atoms with Crippen LogP contribution in [0.1, 0.15) is 18.7 Å². The number of hydrogen-bond donors (Lipinski definition) is 0. The monoisotopic (exact) mass is 436 g/mol. The molecule has 4 aromatic rings. The number of likely N-dealkylation sites (tertiary alicyclic amines) is 1. The van der Waals surface area contributed by atoms with Crippen LogP contribution in [-0.4, -0.2) is 38.6 Å². The Kier molecular flexibility index (Phi) is 5.30. The molecular formula is C23H21FN4O4. The fourth-order valence-corrected chi connectivity index (χ4v) is 4.19. The summed E-state index contributed by atoms with van der Waals surface area (Å²) in [7, 11) is 0. The number of oxazole rings is 1. The van der Waals surface area contributed by atoms with Crippen molar-refractivity contribution < 1.29 is 18.1 Å². The molecule has 0 radical (unpaired) electrons. The van der Waals surface area contributed by atoms with E-state index in [0.717, 1.165) is 12.8 Å².